The molecular weight excluding hydrogens is 351 g/mol. The molecule has 0 bridgehead atoms. The van der Waals surface area contributed by atoms with E-state index in [1.165, 1.54) is 18.3 Å². The van der Waals surface area contributed by atoms with E-state index in [9.17, 15) is 13.2 Å². The van der Waals surface area contributed by atoms with E-state index >= 15 is 0 Å². The highest BCUT2D eigenvalue weighted by molar-refractivity contribution is 6.03. The third-order valence-corrected chi connectivity index (χ3v) is 4.81. The van der Waals surface area contributed by atoms with E-state index in [2.05, 4.69) is 9.98 Å². The van der Waals surface area contributed by atoms with Crippen molar-refractivity contribution in [1.82, 2.24) is 4.98 Å². The summed E-state index contributed by atoms with van der Waals surface area (Å²) >= 11 is 0. The van der Waals surface area contributed by atoms with Crippen LogP contribution in [-0.4, -0.2) is 10.8 Å². The summed E-state index contributed by atoms with van der Waals surface area (Å²) in [6.45, 7) is 1.92. The Morgan fingerprint density at radius 3 is 2.48 bits per heavy atom. The van der Waals surface area contributed by atoms with Crippen LogP contribution in [0.4, 0.5) is 13.2 Å². The molecule has 27 heavy (non-hydrogen) atoms. The summed E-state index contributed by atoms with van der Waals surface area (Å²) in [5.74, 6) is -0.452. The summed E-state index contributed by atoms with van der Waals surface area (Å²) in [7, 11) is 0. The number of hydrogen-bond acceptors (Lipinski definition) is 3. The van der Waals surface area contributed by atoms with Gasteiger partial charge in [0.25, 0.3) is 6.43 Å². The zero-order chi connectivity index (χ0) is 19.2. The quantitative estimate of drug-likeness (QED) is 0.742. The highest BCUT2D eigenvalue weighted by Gasteiger charge is 2.44. The van der Waals surface area contributed by atoms with Crippen LogP contribution in [0.1, 0.15) is 39.9 Å². The molecule has 1 unspecified atom stereocenters. The second kappa shape index (κ2) is 6.23. The third kappa shape index (κ3) is 2.60. The number of pyridine rings is 1. The van der Waals surface area contributed by atoms with Crippen molar-refractivity contribution < 1.29 is 13.2 Å². The minimum atomic E-state index is -2.73. The number of hydrogen-bond donors (Lipinski definition) is 1. The molecule has 0 saturated heterocycles. The fraction of sp³-hybridized carbons (Fsp3) is 0.143. The van der Waals surface area contributed by atoms with Crippen molar-refractivity contribution in [3.05, 3.63) is 100 Å². The van der Waals surface area contributed by atoms with Gasteiger partial charge >= 0.3 is 0 Å². The summed E-state index contributed by atoms with van der Waals surface area (Å²) in [5.41, 5.74) is 7.39. The summed E-state index contributed by atoms with van der Waals surface area (Å²) in [6.07, 6.45) is -1.41. The van der Waals surface area contributed by atoms with Crippen molar-refractivity contribution in [2.24, 2.45) is 10.7 Å². The minimum Gasteiger partial charge on any atom is -0.383 e. The largest absolute Gasteiger partial charge is 0.383 e. The van der Waals surface area contributed by atoms with Crippen molar-refractivity contribution >= 4 is 5.84 Å². The van der Waals surface area contributed by atoms with Gasteiger partial charge in [-0.05, 0) is 36.2 Å². The van der Waals surface area contributed by atoms with Crippen molar-refractivity contribution in [2.75, 3.05) is 0 Å². The van der Waals surface area contributed by atoms with Gasteiger partial charge in [0.15, 0.2) is 0 Å². The molecule has 2 N–H and O–H groups in total. The molecule has 0 aliphatic carbocycles. The molecule has 0 radical (unpaired) electrons. The van der Waals surface area contributed by atoms with Gasteiger partial charge in [-0.25, -0.2) is 18.2 Å². The van der Waals surface area contributed by atoms with Crippen LogP contribution in [0.5, 0.6) is 0 Å². The zero-order valence-electron chi connectivity index (χ0n) is 14.5. The first-order valence-electron chi connectivity index (χ1n) is 8.40. The number of nitrogens with zero attached hydrogens (tertiary/aromatic N) is 2. The molecule has 3 nitrogen and oxygen atoms in total. The molecule has 3 aromatic rings. The van der Waals surface area contributed by atoms with Crippen molar-refractivity contribution in [1.29, 1.82) is 0 Å². The molecule has 1 aliphatic rings. The second-order valence-electron chi connectivity index (χ2n) is 6.51. The van der Waals surface area contributed by atoms with Crippen LogP contribution in [0.2, 0.25) is 0 Å². The van der Waals surface area contributed by atoms with E-state index in [0.717, 1.165) is 11.1 Å². The number of aryl methyl sites for hydroxylation is 1. The molecule has 1 atom stereocenters. The zero-order valence-corrected chi connectivity index (χ0v) is 14.5. The first-order chi connectivity index (χ1) is 12.9. The van der Waals surface area contributed by atoms with Gasteiger partial charge < -0.3 is 5.73 Å². The van der Waals surface area contributed by atoms with Crippen LogP contribution in [-0.2, 0) is 5.54 Å². The Morgan fingerprint density at radius 1 is 1.00 bits per heavy atom. The lowest BCUT2D eigenvalue weighted by Gasteiger charge is -2.29. The van der Waals surface area contributed by atoms with Crippen molar-refractivity contribution in [2.45, 2.75) is 18.9 Å². The molecule has 0 amide bonds. The second-order valence-corrected chi connectivity index (χ2v) is 6.51. The maximum Gasteiger partial charge on any atom is 0.280 e. The maximum absolute atomic E-state index is 14.5. The van der Waals surface area contributed by atoms with E-state index < -0.39 is 17.8 Å². The Labute approximate surface area is 154 Å². The lowest BCUT2D eigenvalue weighted by Crippen LogP contribution is -2.26. The fourth-order valence-electron chi connectivity index (χ4n) is 3.65. The molecule has 0 fully saturated rings. The Kier molecular flexibility index (Phi) is 3.98. The predicted octanol–water partition coefficient (Wildman–Crippen LogP) is 4.48. The summed E-state index contributed by atoms with van der Waals surface area (Å²) < 4.78 is 41.1. The molecule has 1 aromatic heterocycles. The molecule has 1 aliphatic heterocycles. The molecule has 0 saturated carbocycles. The van der Waals surface area contributed by atoms with Crippen LogP contribution in [0, 0.1) is 12.7 Å². The summed E-state index contributed by atoms with van der Waals surface area (Å²) in [4.78, 5) is 8.35. The average Bonchev–Trinajstić information content (AvgIpc) is 2.97. The normalized spacial score (nSPS) is 18.5. The van der Waals surface area contributed by atoms with Gasteiger partial charge in [0, 0.05) is 11.8 Å². The SMILES string of the molecule is Cc1cccc(C2(c3ccnc(C(F)F)c3)N=C(N)c3c(F)cccc32)c1. The van der Waals surface area contributed by atoms with Crippen LogP contribution in [0.25, 0.3) is 0 Å². The fourth-order valence-corrected chi connectivity index (χ4v) is 3.65. The summed E-state index contributed by atoms with van der Waals surface area (Å²) in [5, 5.41) is 0. The first-order valence-corrected chi connectivity index (χ1v) is 8.40. The number of alkyl halides is 2. The van der Waals surface area contributed by atoms with E-state index in [1.807, 2.05) is 31.2 Å². The lowest BCUT2D eigenvalue weighted by atomic mass is 9.77. The van der Waals surface area contributed by atoms with Gasteiger partial charge in [-0.3, -0.25) is 4.98 Å². The number of aliphatic imine (C=N–C) groups is 1. The third-order valence-electron chi connectivity index (χ3n) is 4.81. The van der Waals surface area contributed by atoms with Crippen LogP contribution in [0.15, 0.2) is 65.8 Å². The number of amidine groups is 1. The van der Waals surface area contributed by atoms with Gasteiger partial charge in [0.2, 0.25) is 0 Å². The highest BCUT2D eigenvalue weighted by atomic mass is 19.3. The minimum absolute atomic E-state index is 0.0417. The van der Waals surface area contributed by atoms with Gasteiger partial charge in [0.05, 0.1) is 5.56 Å². The van der Waals surface area contributed by atoms with E-state index in [4.69, 9.17) is 5.73 Å². The first kappa shape index (κ1) is 17.3. The number of nitrogens with two attached hydrogens (primary N) is 1. The van der Waals surface area contributed by atoms with E-state index in [0.29, 0.717) is 11.1 Å². The molecule has 4 rings (SSSR count). The number of benzene rings is 2. The van der Waals surface area contributed by atoms with Gasteiger partial charge in [-0.2, -0.15) is 0 Å². The number of rotatable bonds is 3. The van der Waals surface area contributed by atoms with E-state index in [1.54, 1.807) is 18.2 Å². The Hall–Kier alpha value is -3.15. The van der Waals surface area contributed by atoms with E-state index in [-0.39, 0.29) is 17.1 Å². The smallest absolute Gasteiger partial charge is 0.280 e. The molecule has 2 heterocycles. The average molecular weight is 367 g/mol. The highest BCUT2D eigenvalue weighted by Crippen LogP contribution is 2.46. The topological polar surface area (TPSA) is 51.3 Å². The predicted molar refractivity (Wildman–Crippen MR) is 97.4 cm³/mol. The Balaban J connectivity index is 2.09. The Morgan fingerprint density at radius 2 is 1.74 bits per heavy atom. The van der Waals surface area contributed by atoms with Crippen molar-refractivity contribution in [3.63, 3.8) is 0 Å². The number of halogens is 3. The van der Waals surface area contributed by atoms with Crippen LogP contribution in [0.3, 0.4) is 0 Å². The Bertz CT molecular complexity index is 1060. The number of fused-ring (bicyclic) bond motifs is 1. The molecular formula is C21H16F3N3. The molecule has 6 heteroatoms. The van der Waals surface area contributed by atoms with Gasteiger partial charge in [-0.1, -0.05) is 42.0 Å². The summed E-state index contributed by atoms with van der Waals surface area (Å²) in [6, 6.07) is 15.0. The lowest BCUT2D eigenvalue weighted by molar-refractivity contribution is 0.146. The molecule has 2 aromatic carbocycles. The van der Waals surface area contributed by atoms with Crippen molar-refractivity contribution in [3.8, 4) is 0 Å². The van der Waals surface area contributed by atoms with Crippen LogP contribution >= 0.6 is 0 Å². The number of aromatic nitrogens is 1. The monoisotopic (exact) mass is 367 g/mol. The molecule has 136 valence electrons. The van der Waals surface area contributed by atoms with Gasteiger partial charge in [0.1, 0.15) is 22.9 Å². The molecule has 0 spiro atoms. The van der Waals surface area contributed by atoms with Crippen LogP contribution < -0.4 is 5.73 Å². The standard InChI is InChI=1S/C21H16F3N3/c1-12-4-2-5-13(10-12)21(14-8-9-26-17(11-14)19(23)24)15-6-3-7-16(22)18(15)20(25)27-21/h2-11,19H,1H3,(H2,25,27). The maximum atomic E-state index is 14.5. The van der Waals surface area contributed by atoms with Gasteiger partial charge in [-0.15, -0.1) is 0 Å².